The lowest BCUT2D eigenvalue weighted by molar-refractivity contribution is -0.132. The number of hydrogen-bond donors (Lipinski definition) is 1. The van der Waals surface area contributed by atoms with E-state index in [1.165, 1.54) is 20.3 Å². The van der Waals surface area contributed by atoms with Gasteiger partial charge in [-0.05, 0) is 56.7 Å². The monoisotopic (exact) mass is 487 g/mol. The van der Waals surface area contributed by atoms with Gasteiger partial charge in [-0.25, -0.2) is 18.1 Å². The molecule has 1 N–H and O–H groups in total. The molecule has 11 heteroatoms. The van der Waals surface area contributed by atoms with Gasteiger partial charge < -0.3 is 9.84 Å². The molecule has 3 aliphatic rings. The third-order valence-electron chi connectivity index (χ3n) is 7.19. The Morgan fingerprint density at radius 1 is 1.09 bits per heavy atom. The van der Waals surface area contributed by atoms with Crippen molar-refractivity contribution in [3.05, 3.63) is 46.3 Å². The normalized spacial score (nSPS) is 24.0. The van der Waals surface area contributed by atoms with Gasteiger partial charge in [-0.3, -0.25) is 9.69 Å². The van der Waals surface area contributed by atoms with Gasteiger partial charge in [0.25, 0.3) is 5.91 Å². The minimum atomic E-state index is -3.72. The van der Waals surface area contributed by atoms with Gasteiger partial charge in [0.2, 0.25) is 10.0 Å². The van der Waals surface area contributed by atoms with Crippen LogP contribution in [0.3, 0.4) is 0 Å². The fraction of sp³-hybridized carbons (Fsp3) is 0.522. The Bertz CT molecular complexity index is 1250. The predicted molar refractivity (Wildman–Crippen MR) is 122 cm³/mol. The molecule has 2 fully saturated rings. The van der Waals surface area contributed by atoms with Crippen molar-refractivity contribution in [2.45, 2.75) is 50.5 Å². The molecule has 0 saturated carbocycles. The zero-order valence-corrected chi connectivity index (χ0v) is 20.4. The maximum atomic E-state index is 13.4. The number of piperazine rings is 1. The first-order valence-electron chi connectivity index (χ1n) is 11.5. The van der Waals surface area contributed by atoms with Crippen molar-refractivity contribution in [3.8, 4) is 0 Å². The van der Waals surface area contributed by atoms with Crippen LogP contribution in [0.5, 0.6) is 0 Å². The number of aromatic nitrogens is 1. The van der Waals surface area contributed by atoms with E-state index in [4.69, 9.17) is 4.52 Å². The summed E-state index contributed by atoms with van der Waals surface area (Å²) >= 11 is 0. The fourth-order valence-electron chi connectivity index (χ4n) is 5.19. The van der Waals surface area contributed by atoms with Crippen LogP contribution in [-0.2, 0) is 33.2 Å². The maximum absolute atomic E-state index is 13.4. The van der Waals surface area contributed by atoms with E-state index in [1.807, 2.05) is 17.0 Å². The minimum absolute atomic E-state index is 0.111. The second-order valence-corrected chi connectivity index (χ2v) is 11.3. The second kappa shape index (κ2) is 8.17. The van der Waals surface area contributed by atoms with Gasteiger partial charge in [-0.1, -0.05) is 23.4 Å². The Hall–Kier alpha value is -2.76. The highest BCUT2D eigenvalue weighted by Gasteiger charge is 2.49. The molecule has 0 spiro atoms. The van der Waals surface area contributed by atoms with Gasteiger partial charge in [-0.2, -0.15) is 4.31 Å². The molecule has 10 nitrogen and oxygen atoms in total. The Morgan fingerprint density at radius 2 is 1.79 bits per heavy atom. The summed E-state index contributed by atoms with van der Waals surface area (Å²) in [6.07, 6.45) is 3.16. The third kappa shape index (κ3) is 3.62. The van der Waals surface area contributed by atoms with Crippen LogP contribution >= 0.6 is 0 Å². The second-order valence-electron chi connectivity index (χ2n) is 9.44. The van der Waals surface area contributed by atoms with Gasteiger partial charge in [0, 0.05) is 26.2 Å². The first-order chi connectivity index (χ1) is 16.1. The molecule has 0 radical (unpaired) electrons. The Kier molecular flexibility index (Phi) is 5.53. The first-order valence-corrected chi connectivity index (χ1v) is 13.0. The molecule has 182 valence electrons. The van der Waals surface area contributed by atoms with Gasteiger partial charge >= 0.3 is 6.03 Å². The van der Waals surface area contributed by atoms with Crippen LogP contribution < -0.4 is 5.32 Å². The number of aryl methyl sites for hydroxylation is 4. The number of benzene rings is 1. The van der Waals surface area contributed by atoms with E-state index in [-0.39, 0.29) is 36.3 Å². The molecule has 2 aliphatic heterocycles. The number of rotatable bonds is 5. The number of hydrogen-bond acceptors (Lipinski definition) is 7. The number of sulfonamides is 1. The SMILES string of the molecule is Cc1noc(C)c1S(=O)(=O)N1CCN(CN2C(=O)N[C@@](C)(c3ccc4c(c3)CCC4)C2=O)CC1. The number of urea groups is 1. The number of amides is 3. The molecule has 3 heterocycles. The van der Waals surface area contributed by atoms with Crippen molar-refractivity contribution in [1.29, 1.82) is 0 Å². The molecular weight excluding hydrogens is 458 g/mol. The lowest BCUT2D eigenvalue weighted by atomic mass is 9.90. The molecule has 1 aromatic heterocycles. The summed E-state index contributed by atoms with van der Waals surface area (Å²) in [4.78, 5) is 29.4. The number of carbonyl (C=O) groups excluding carboxylic acids is 2. The number of imide groups is 1. The molecule has 1 aliphatic carbocycles. The predicted octanol–water partition coefficient (Wildman–Crippen LogP) is 1.51. The summed E-state index contributed by atoms with van der Waals surface area (Å²) in [5, 5.41) is 6.63. The average molecular weight is 488 g/mol. The molecule has 1 aromatic carbocycles. The summed E-state index contributed by atoms with van der Waals surface area (Å²) < 4.78 is 32.5. The van der Waals surface area contributed by atoms with Crippen LogP contribution in [0.2, 0.25) is 0 Å². The average Bonchev–Trinajstić information content (AvgIpc) is 3.47. The van der Waals surface area contributed by atoms with Crippen molar-refractivity contribution >= 4 is 22.0 Å². The largest absolute Gasteiger partial charge is 0.360 e. The summed E-state index contributed by atoms with van der Waals surface area (Å²) in [7, 11) is -3.72. The Morgan fingerprint density at radius 3 is 2.47 bits per heavy atom. The lowest BCUT2D eigenvalue weighted by Gasteiger charge is -2.35. The van der Waals surface area contributed by atoms with Crippen molar-refractivity contribution in [3.63, 3.8) is 0 Å². The number of nitrogens with one attached hydrogen (secondary N) is 1. The Labute approximate surface area is 198 Å². The van der Waals surface area contributed by atoms with Crippen molar-refractivity contribution in [2.24, 2.45) is 0 Å². The quantitative estimate of drug-likeness (QED) is 0.636. The fourth-order valence-corrected chi connectivity index (χ4v) is 6.90. The van der Waals surface area contributed by atoms with Crippen LogP contribution in [0.15, 0.2) is 27.6 Å². The molecule has 2 saturated heterocycles. The zero-order valence-electron chi connectivity index (χ0n) is 19.6. The molecule has 0 unspecified atom stereocenters. The zero-order chi connectivity index (χ0) is 24.3. The first kappa shape index (κ1) is 23.0. The molecule has 0 bridgehead atoms. The van der Waals surface area contributed by atoms with Crippen LogP contribution in [0.1, 0.15) is 41.5 Å². The van der Waals surface area contributed by atoms with Gasteiger partial charge in [0.1, 0.15) is 16.1 Å². The molecule has 1 atom stereocenters. The molecule has 34 heavy (non-hydrogen) atoms. The van der Waals surface area contributed by atoms with E-state index in [9.17, 15) is 18.0 Å². The standard InChI is InChI=1S/C23H29N5O5S/c1-15-20(16(2)33-25-15)34(31,32)27-11-9-26(10-12-27)14-28-21(29)23(3,24-22(28)30)19-8-7-17-5-4-6-18(17)13-19/h7-8,13H,4-6,9-12,14H2,1-3H3,(H,24,30)/t23-/m0/s1. The topological polar surface area (TPSA) is 116 Å². The molecule has 2 aromatic rings. The number of carbonyl (C=O) groups is 2. The van der Waals surface area contributed by atoms with Crippen LogP contribution in [0.25, 0.3) is 0 Å². The van der Waals surface area contributed by atoms with Crippen molar-refractivity contribution < 1.29 is 22.5 Å². The molecular formula is C23H29N5O5S. The molecule has 5 rings (SSSR count). The highest BCUT2D eigenvalue weighted by Crippen LogP contribution is 2.33. The van der Waals surface area contributed by atoms with E-state index >= 15 is 0 Å². The maximum Gasteiger partial charge on any atom is 0.326 e. The third-order valence-corrected chi connectivity index (χ3v) is 9.33. The highest BCUT2D eigenvalue weighted by atomic mass is 32.2. The van der Waals surface area contributed by atoms with E-state index in [0.717, 1.165) is 24.8 Å². The van der Waals surface area contributed by atoms with E-state index < -0.39 is 21.6 Å². The summed E-state index contributed by atoms with van der Waals surface area (Å²) in [6.45, 7) is 6.34. The smallest absolute Gasteiger partial charge is 0.326 e. The van der Waals surface area contributed by atoms with E-state index in [0.29, 0.717) is 18.8 Å². The van der Waals surface area contributed by atoms with Crippen LogP contribution in [0, 0.1) is 13.8 Å². The summed E-state index contributed by atoms with van der Waals surface area (Å²) in [5.74, 6) is -0.0219. The highest BCUT2D eigenvalue weighted by molar-refractivity contribution is 7.89. The lowest BCUT2D eigenvalue weighted by Crippen LogP contribution is -2.52. The summed E-state index contributed by atoms with van der Waals surface area (Å²) in [5.41, 5.74) is 2.58. The van der Waals surface area contributed by atoms with Crippen LogP contribution in [-0.4, -0.2) is 72.5 Å². The summed E-state index contributed by atoms with van der Waals surface area (Å²) in [6, 6.07) is 5.61. The van der Waals surface area contributed by atoms with Crippen molar-refractivity contribution in [1.82, 2.24) is 24.6 Å². The van der Waals surface area contributed by atoms with E-state index in [2.05, 4.69) is 16.5 Å². The molecule has 3 amide bonds. The number of fused-ring (bicyclic) bond motifs is 1. The van der Waals surface area contributed by atoms with Crippen molar-refractivity contribution in [2.75, 3.05) is 32.8 Å². The van der Waals surface area contributed by atoms with Gasteiger partial charge in [0.15, 0.2) is 5.76 Å². The number of nitrogens with zero attached hydrogens (tertiary/aromatic N) is 4. The van der Waals surface area contributed by atoms with Gasteiger partial charge in [-0.15, -0.1) is 0 Å². The minimum Gasteiger partial charge on any atom is -0.360 e. The van der Waals surface area contributed by atoms with E-state index in [1.54, 1.807) is 20.8 Å². The Balaban J connectivity index is 1.26. The van der Waals surface area contributed by atoms with Gasteiger partial charge in [0.05, 0.1) is 6.67 Å². The van der Waals surface area contributed by atoms with Crippen LogP contribution in [0.4, 0.5) is 4.79 Å².